The molecule has 3 heteroatoms. The van der Waals surface area contributed by atoms with Gasteiger partial charge in [-0.25, -0.2) is 0 Å². The van der Waals surface area contributed by atoms with E-state index in [1.54, 1.807) is 4.90 Å². The predicted molar refractivity (Wildman–Crippen MR) is 39.3 cm³/mol. The third kappa shape index (κ3) is 1.89. The summed E-state index contributed by atoms with van der Waals surface area (Å²) in [5, 5.41) is 11.8. The molecule has 1 aliphatic rings. The first-order valence-electron chi connectivity index (χ1n) is 3.67. The SMILES string of the molecule is CN(C#N)CC1CCCN1. The second-order valence-corrected chi connectivity index (χ2v) is 2.77. The van der Waals surface area contributed by atoms with E-state index in [4.69, 9.17) is 5.26 Å². The summed E-state index contributed by atoms with van der Waals surface area (Å²) in [7, 11) is 1.82. The largest absolute Gasteiger partial charge is 0.312 e. The van der Waals surface area contributed by atoms with Crippen LogP contribution in [0.3, 0.4) is 0 Å². The Morgan fingerprint density at radius 1 is 1.80 bits per heavy atom. The zero-order chi connectivity index (χ0) is 7.40. The molecule has 0 saturated carbocycles. The molecule has 0 aromatic heterocycles. The molecule has 1 fully saturated rings. The van der Waals surface area contributed by atoms with E-state index in [0.29, 0.717) is 6.04 Å². The fourth-order valence-electron chi connectivity index (χ4n) is 1.28. The summed E-state index contributed by atoms with van der Waals surface area (Å²) in [4.78, 5) is 1.67. The number of nitrogens with zero attached hydrogens (tertiary/aromatic N) is 2. The van der Waals surface area contributed by atoms with E-state index < -0.39 is 0 Å². The maximum atomic E-state index is 8.44. The molecular weight excluding hydrogens is 126 g/mol. The van der Waals surface area contributed by atoms with Crippen molar-refractivity contribution in [1.29, 1.82) is 5.26 Å². The second-order valence-electron chi connectivity index (χ2n) is 2.77. The van der Waals surface area contributed by atoms with E-state index in [9.17, 15) is 0 Å². The molecule has 0 amide bonds. The lowest BCUT2D eigenvalue weighted by Crippen LogP contribution is -2.32. The summed E-state index contributed by atoms with van der Waals surface area (Å²) in [5.74, 6) is 0. The number of hydrogen-bond acceptors (Lipinski definition) is 3. The van der Waals surface area contributed by atoms with Gasteiger partial charge in [0.1, 0.15) is 0 Å². The van der Waals surface area contributed by atoms with Crippen molar-refractivity contribution < 1.29 is 0 Å². The van der Waals surface area contributed by atoms with Crippen molar-refractivity contribution in [3.63, 3.8) is 0 Å². The van der Waals surface area contributed by atoms with Gasteiger partial charge in [0.25, 0.3) is 0 Å². The van der Waals surface area contributed by atoms with Crippen LogP contribution in [0.2, 0.25) is 0 Å². The summed E-state index contributed by atoms with van der Waals surface area (Å²) in [5.41, 5.74) is 0. The Hall–Kier alpha value is -0.750. The van der Waals surface area contributed by atoms with E-state index in [-0.39, 0.29) is 0 Å². The fraction of sp³-hybridized carbons (Fsp3) is 0.857. The van der Waals surface area contributed by atoms with Crippen molar-refractivity contribution in [2.24, 2.45) is 0 Å². The summed E-state index contributed by atoms with van der Waals surface area (Å²) < 4.78 is 0. The minimum atomic E-state index is 0.546. The van der Waals surface area contributed by atoms with Gasteiger partial charge in [-0.2, -0.15) is 5.26 Å². The lowest BCUT2D eigenvalue weighted by molar-refractivity contribution is 0.404. The van der Waals surface area contributed by atoms with Gasteiger partial charge in [0.15, 0.2) is 6.19 Å². The Balaban J connectivity index is 2.19. The van der Waals surface area contributed by atoms with Crippen molar-refractivity contribution in [3.8, 4) is 6.19 Å². The van der Waals surface area contributed by atoms with Gasteiger partial charge in [0.2, 0.25) is 0 Å². The van der Waals surface area contributed by atoms with Crippen molar-refractivity contribution in [2.75, 3.05) is 20.1 Å². The van der Waals surface area contributed by atoms with Gasteiger partial charge >= 0.3 is 0 Å². The van der Waals surface area contributed by atoms with E-state index in [1.807, 2.05) is 7.05 Å². The zero-order valence-electron chi connectivity index (χ0n) is 6.30. The van der Waals surface area contributed by atoms with Crippen LogP contribution in [0.1, 0.15) is 12.8 Å². The summed E-state index contributed by atoms with van der Waals surface area (Å²) in [6.07, 6.45) is 4.55. The first-order chi connectivity index (χ1) is 4.83. The average molecular weight is 139 g/mol. The second kappa shape index (κ2) is 3.43. The van der Waals surface area contributed by atoms with Gasteiger partial charge in [-0.05, 0) is 19.4 Å². The van der Waals surface area contributed by atoms with Crippen LogP contribution in [0.5, 0.6) is 0 Å². The van der Waals surface area contributed by atoms with Crippen LogP contribution < -0.4 is 5.32 Å². The average Bonchev–Trinajstić information content (AvgIpc) is 2.40. The highest BCUT2D eigenvalue weighted by molar-refractivity contribution is 4.80. The highest BCUT2D eigenvalue weighted by Crippen LogP contribution is 2.04. The molecule has 0 spiro atoms. The summed E-state index contributed by atoms with van der Waals surface area (Å²) in [6, 6.07) is 0.546. The van der Waals surface area contributed by atoms with Crippen molar-refractivity contribution in [3.05, 3.63) is 0 Å². The summed E-state index contributed by atoms with van der Waals surface area (Å²) in [6.45, 7) is 1.97. The molecule has 10 heavy (non-hydrogen) atoms. The Morgan fingerprint density at radius 2 is 2.60 bits per heavy atom. The maximum Gasteiger partial charge on any atom is 0.179 e. The topological polar surface area (TPSA) is 39.1 Å². The van der Waals surface area contributed by atoms with Crippen molar-refractivity contribution in [1.82, 2.24) is 10.2 Å². The molecule has 0 aliphatic carbocycles. The number of likely N-dealkylation sites (N-methyl/N-ethyl adjacent to an activating group) is 1. The quantitative estimate of drug-likeness (QED) is 0.437. The Kier molecular flexibility index (Phi) is 2.52. The molecule has 1 rings (SSSR count). The molecule has 0 aromatic carbocycles. The highest BCUT2D eigenvalue weighted by atomic mass is 15.1. The molecule has 0 radical (unpaired) electrons. The number of nitriles is 1. The molecule has 1 unspecified atom stereocenters. The van der Waals surface area contributed by atoms with Crippen molar-refractivity contribution >= 4 is 0 Å². The van der Waals surface area contributed by atoms with Crippen LogP contribution in [0.4, 0.5) is 0 Å². The zero-order valence-corrected chi connectivity index (χ0v) is 6.30. The normalized spacial score (nSPS) is 24.2. The number of hydrogen-bond donors (Lipinski definition) is 1. The van der Waals surface area contributed by atoms with E-state index in [2.05, 4.69) is 11.5 Å². The lowest BCUT2D eigenvalue weighted by atomic mass is 10.2. The minimum Gasteiger partial charge on any atom is -0.312 e. The lowest BCUT2D eigenvalue weighted by Gasteiger charge is -2.14. The third-order valence-corrected chi connectivity index (χ3v) is 1.83. The van der Waals surface area contributed by atoms with E-state index in [1.165, 1.54) is 12.8 Å². The molecule has 1 atom stereocenters. The highest BCUT2D eigenvalue weighted by Gasteiger charge is 2.14. The molecule has 0 aromatic rings. The first kappa shape index (κ1) is 7.36. The minimum absolute atomic E-state index is 0.546. The van der Waals surface area contributed by atoms with Gasteiger partial charge < -0.3 is 10.2 Å². The molecular formula is C7H13N3. The Bertz CT molecular complexity index is 132. The van der Waals surface area contributed by atoms with Crippen LogP contribution in [-0.2, 0) is 0 Å². The summed E-state index contributed by atoms with van der Waals surface area (Å²) >= 11 is 0. The molecule has 1 N–H and O–H groups in total. The van der Waals surface area contributed by atoms with Crippen molar-refractivity contribution in [2.45, 2.75) is 18.9 Å². The van der Waals surface area contributed by atoms with Crippen LogP contribution in [0.25, 0.3) is 0 Å². The van der Waals surface area contributed by atoms with Gasteiger partial charge in [-0.3, -0.25) is 0 Å². The Labute approximate surface area is 61.6 Å². The molecule has 1 heterocycles. The standard InChI is InChI=1S/C7H13N3/c1-10(6-8)5-7-3-2-4-9-7/h7,9H,2-5H2,1H3. The van der Waals surface area contributed by atoms with Gasteiger partial charge in [-0.1, -0.05) is 0 Å². The monoisotopic (exact) mass is 139 g/mol. The Morgan fingerprint density at radius 3 is 3.10 bits per heavy atom. The van der Waals surface area contributed by atoms with Crippen LogP contribution in [-0.4, -0.2) is 31.1 Å². The molecule has 1 aliphatic heterocycles. The van der Waals surface area contributed by atoms with Crippen LogP contribution in [0.15, 0.2) is 0 Å². The predicted octanol–water partition coefficient (Wildman–Crippen LogP) is 0.151. The molecule has 1 saturated heterocycles. The van der Waals surface area contributed by atoms with Crippen LogP contribution >= 0.6 is 0 Å². The van der Waals surface area contributed by atoms with E-state index >= 15 is 0 Å². The molecule has 56 valence electrons. The van der Waals surface area contributed by atoms with Crippen LogP contribution in [0, 0.1) is 11.5 Å². The first-order valence-corrected chi connectivity index (χ1v) is 3.67. The smallest absolute Gasteiger partial charge is 0.179 e. The fourth-order valence-corrected chi connectivity index (χ4v) is 1.28. The maximum absolute atomic E-state index is 8.44. The van der Waals surface area contributed by atoms with Gasteiger partial charge in [-0.15, -0.1) is 0 Å². The third-order valence-electron chi connectivity index (χ3n) is 1.83. The molecule has 3 nitrogen and oxygen atoms in total. The number of nitrogens with one attached hydrogen (secondary N) is 1. The van der Waals surface area contributed by atoms with Gasteiger partial charge in [0.05, 0.1) is 0 Å². The van der Waals surface area contributed by atoms with Gasteiger partial charge in [0, 0.05) is 19.6 Å². The molecule has 0 bridgehead atoms. The number of rotatable bonds is 2. The van der Waals surface area contributed by atoms with E-state index in [0.717, 1.165) is 13.1 Å².